The first kappa shape index (κ1) is 14.9. The summed E-state index contributed by atoms with van der Waals surface area (Å²) < 4.78 is 38.9. The van der Waals surface area contributed by atoms with E-state index in [1.54, 1.807) is 6.92 Å². The van der Waals surface area contributed by atoms with Crippen molar-refractivity contribution in [2.75, 3.05) is 13.2 Å². The van der Waals surface area contributed by atoms with E-state index in [9.17, 15) is 8.78 Å². The first-order valence-corrected chi connectivity index (χ1v) is 7.57. The zero-order chi connectivity index (χ0) is 14.9. The fraction of sp³-hybridized carbons (Fsp3) is 0.625. The molecule has 0 aromatic heterocycles. The number of hydrogen-bond acceptors (Lipinski definition) is 3. The highest BCUT2D eigenvalue weighted by molar-refractivity contribution is 5.23. The molecule has 1 saturated carbocycles. The summed E-state index contributed by atoms with van der Waals surface area (Å²) in [4.78, 5) is 0. The molecule has 5 heteroatoms. The molecular weight excluding hydrogens is 276 g/mol. The van der Waals surface area contributed by atoms with Crippen LogP contribution in [0.3, 0.4) is 0 Å². The van der Waals surface area contributed by atoms with Crippen molar-refractivity contribution in [2.24, 2.45) is 0 Å². The molecule has 1 aliphatic carbocycles. The van der Waals surface area contributed by atoms with Crippen LogP contribution in [0.5, 0.6) is 0 Å². The van der Waals surface area contributed by atoms with E-state index < -0.39 is 17.4 Å². The van der Waals surface area contributed by atoms with E-state index in [0.717, 1.165) is 25.7 Å². The smallest absolute Gasteiger partial charge is 0.168 e. The molecule has 1 spiro atoms. The molecule has 1 atom stereocenters. The normalized spacial score (nSPS) is 23.6. The molecule has 1 aromatic carbocycles. The SMILES string of the molecule is CC(NC1CCC2(CC1)OCCO2)c1c(F)cccc1F. The minimum absolute atomic E-state index is 0.117. The van der Waals surface area contributed by atoms with Gasteiger partial charge in [-0.1, -0.05) is 6.07 Å². The van der Waals surface area contributed by atoms with E-state index in [4.69, 9.17) is 9.47 Å². The van der Waals surface area contributed by atoms with Crippen LogP contribution in [0.25, 0.3) is 0 Å². The Morgan fingerprint density at radius 2 is 1.71 bits per heavy atom. The molecule has 0 radical (unpaired) electrons. The highest BCUT2D eigenvalue weighted by atomic mass is 19.1. The number of nitrogens with one attached hydrogen (secondary N) is 1. The van der Waals surface area contributed by atoms with Crippen molar-refractivity contribution in [3.8, 4) is 0 Å². The lowest BCUT2D eigenvalue weighted by molar-refractivity contribution is -0.179. The van der Waals surface area contributed by atoms with Crippen LogP contribution in [0.4, 0.5) is 8.78 Å². The Morgan fingerprint density at radius 3 is 2.29 bits per heavy atom. The van der Waals surface area contributed by atoms with Crippen LogP contribution in [0.15, 0.2) is 18.2 Å². The van der Waals surface area contributed by atoms with E-state index in [0.29, 0.717) is 13.2 Å². The first-order chi connectivity index (χ1) is 10.1. The molecule has 1 unspecified atom stereocenters. The third-order valence-electron chi connectivity index (χ3n) is 4.48. The van der Waals surface area contributed by atoms with E-state index in [1.165, 1.54) is 18.2 Å². The summed E-state index contributed by atoms with van der Waals surface area (Å²) in [6.07, 6.45) is 3.44. The van der Waals surface area contributed by atoms with Crippen LogP contribution in [-0.4, -0.2) is 25.0 Å². The minimum atomic E-state index is -0.496. The molecule has 21 heavy (non-hydrogen) atoms. The Hall–Kier alpha value is -1.04. The molecule has 3 nitrogen and oxygen atoms in total. The largest absolute Gasteiger partial charge is 0.348 e. The summed E-state index contributed by atoms with van der Waals surface area (Å²) in [6.45, 7) is 3.12. The number of benzene rings is 1. The molecule has 1 N–H and O–H groups in total. The predicted octanol–water partition coefficient (Wildman–Crippen LogP) is 3.30. The lowest BCUT2D eigenvalue weighted by Crippen LogP contribution is -2.42. The number of halogens is 2. The Bertz CT molecular complexity index is 473. The van der Waals surface area contributed by atoms with E-state index in [-0.39, 0.29) is 17.6 Å². The highest BCUT2D eigenvalue weighted by Crippen LogP contribution is 2.36. The second-order valence-corrected chi connectivity index (χ2v) is 5.91. The molecule has 1 heterocycles. The quantitative estimate of drug-likeness (QED) is 0.928. The highest BCUT2D eigenvalue weighted by Gasteiger charge is 2.40. The van der Waals surface area contributed by atoms with Crippen molar-refractivity contribution in [1.82, 2.24) is 5.32 Å². The van der Waals surface area contributed by atoms with Gasteiger partial charge < -0.3 is 14.8 Å². The molecule has 3 rings (SSSR count). The standard InChI is InChI=1S/C16H21F2NO2/c1-11(15-13(17)3-2-4-14(15)18)19-12-5-7-16(8-6-12)20-9-10-21-16/h2-4,11-12,19H,5-10H2,1H3. The molecule has 2 aliphatic rings. The van der Waals surface area contributed by atoms with Gasteiger partial charge in [0, 0.05) is 30.5 Å². The molecule has 116 valence electrons. The molecule has 1 aromatic rings. The van der Waals surface area contributed by atoms with Gasteiger partial charge >= 0.3 is 0 Å². The average molecular weight is 297 g/mol. The minimum Gasteiger partial charge on any atom is -0.348 e. The van der Waals surface area contributed by atoms with Gasteiger partial charge in [0.2, 0.25) is 0 Å². The molecule has 1 saturated heterocycles. The van der Waals surface area contributed by atoms with Gasteiger partial charge in [-0.3, -0.25) is 0 Å². The van der Waals surface area contributed by atoms with Gasteiger partial charge in [-0.05, 0) is 31.9 Å². The Labute approximate surface area is 123 Å². The van der Waals surface area contributed by atoms with Gasteiger partial charge in [0.05, 0.1) is 13.2 Å². The third-order valence-corrected chi connectivity index (χ3v) is 4.48. The van der Waals surface area contributed by atoms with Crippen LogP contribution < -0.4 is 5.32 Å². The topological polar surface area (TPSA) is 30.5 Å². The maximum absolute atomic E-state index is 13.8. The number of rotatable bonds is 3. The molecule has 2 fully saturated rings. The second kappa shape index (κ2) is 5.99. The van der Waals surface area contributed by atoms with Crippen LogP contribution in [0.1, 0.15) is 44.2 Å². The maximum atomic E-state index is 13.8. The van der Waals surface area contributed by atoms with Gasteiger partial charge in [0.1, 0.15) is 11.6 Å². The summed E-state index contributed by atoms with van der Waals surface area (Å²) in [5, 5.41) is 3.33. The van der Waals surface area contributed by atoms with Gasteiger partial charge in [-0.25, -0.2) is 8.78 Å². The van der Waals surface area contributed by atoms with Crippen LogP contribution in [0.2, 0.25) is 0 Å². The fourth-order valence-corrected chi connectivity index (χ4v) is 3.37. The lowest BCUT2D eigenvalue weighted by Gasteiger charge is -2.36. The predicted molar refractivity (Wildman–Crippen MR) is 74.8 cm³/mol. The van der Waals surface area contributed by atoms with Crippen LogP contribution in [0, 0.1) is 11.6 Å². The Kier molecular flexibility index (Phi) is 4.24. The molecule has 0 amide bonds. The maximum Gasteiger partial charge on any atom is 0.168 e. The Balaban J connectivity index is 1.60. The zero-order valence-corrected chi connectivity index (χ0v) is 12.2. The van der Waals surface area contributed by atoms with Gasteiger partial charge in [0.15, 0.2) is 5.79 Å². The van der Waals surface area contributed by atoms with Gasteiger partial charge in [0.25, 0.3) is 0 Å². The molecular formula is C16H21F2NO2. The lowest BCUT2D eigenvalue weighted by atomic mass is 9.89. The fourth-order valence-electron chi connectivity index (χ4n) is 3.37. The Morgan fingerprint density at radius 1 is 1.14 bits per heavy atom. The van der Waals surface area contributed by atoms with Crippen molar-refractivity contribution in [1.29, 1.82) is 0 Å². The summed E-state index contributed by atoms with van der Waals surface area (Å²) in [5.74, 6) is -1.39. The zero-order valence-electron chi connectivity index (χ0n) is 12.2. The van der Waals surface area contributed by atoms with E-state index in [2.05, 4.69) is 5.32 Å². The van der Waals surface area contributed by atoms with E-state index >= 15 is 0 Å². The second-order valence-electron chi connectivity index (χ2n) is 5.91. The van der Waals surface area contributed by atoms with Crippen molar-refractivity contribution < 1.29 is 18.3 Å². The van der Waals surface area contributed by atoms with Crippen molar-refractivity contribution in [3.05, 3.63) is 35.4 Å². The average Bonchev–Trinajstić information content (AvgIpc) is 2.90. The monoisotopic (exact) mass is 297 g/mol. The van der Waals surface area contributed by atoms with Gasteiger partial charge in [-0.15, -0.1) is 0 Å². The van der Waals surface area contributed by atoms with E-state index in [1.807, 2.05) is 0 Å². The van der Waals surface area contributed by atoms with Crippen molar-refractivity contribution in [2.45, 2.75) is 50.5 Å². The summed E-state index contributed by atoms with van der Waals surface area (Å²) >= 11 is 0. The number of hydrogen-bond donors (Lipinski definition) is 1. The third kappa shape index (κ3) is 3.10. The van der Waals surface area contributed by atoms with Crippen LogP contribution >= 0.6 is 0 Å². The first-order valence-electron chi connectivity index (χ1n) is 7.57. The molecule has 0 bridgehead atoms. The van der Waals surface area contributed by atoms with Crippen molar-refractivity contribution in [3.63, 3.8) is 0 Å². The van der Waals surface area contributed by atoms with Crippen molar-refractivity contribution >= 4 is 0 Å². The summed E-state index contributed by atoms with van der Waals surface area (Å²) in [7, 11) is 0. The summed E-state index contributed by atoms with van der Waals surface area (Å²) in [5.41, 5.74) is 0.117. The number of ether oxygens (including phenoxy) is 2. The summed E-state index contributed by atoms with van der Waals surface area (Å²) in [6, 6.07) is 3.87. The molecule has 1 aliphatic heterocycles. The van der Waals surface area contributed by atoms with Gasteiger partial charge in [-0.2, -0.15) is 0 Å². The van der Waals surface area contributed by atoms with Crippen LogP contribution in [-0.2, 0) is 9.47 Å².